The number of nitrogens with zero attached hydrogens (tertiary/aromatic N) is 1. The highest BCUT2D eigenvalue weighted by atomic mass is 32.1. The van der Waals surface area contributed by atoms with Gasteiger partial charge in [0.15, 0.2) is 0 Å². The molecule has 4 nitrogen and oxygen atoms in total. The molecule has 0 radical (unpaired) electrons. The number of benzene rings is 1. The van der Waals surface area contributed by atoms with Gasteiger partial charge in [-0.3, -0.25) is 4.79 Å². The van der Waals surface area contributed by atoms with Gasteiger partial charge >= 0.3 is 0 Å². The van der Waals surface area contributed by atoms with Crippen LogP contribution in [-0.2, 0) is 11.3 Å². The second-order valence-corrected chi connectivity index (χ2v) is 5.56. The Morgan fingerprint density at radius 1 is 1.50 bits per heavy atom. The van der Waals surface area contributed by atoms with Crippen molar-refractivity contribution in [3.63, 3.8) is 0 Å². The zero-order valence-electron chi connectivity index (χ0n) is 9.98. The summed E-state index contributed by atoms with van der Waals surface area (Å²) in [5.74, 6) is 0.0896. The minimum absolute atomic E-state index is 0.0145. The Morgan fingerprint density at radius 3 is 3.17 bits per heavy atom. The molecule has 1 aromatic carbocycles. The molecular formula is C13H15N3OS. The Hall–Kier alpha value is -1.46. The van der Waals surface area contributed by atoms with Crippen LogP contribution < -0.4 is 10.6 Å². The van der Waals surface area contributed by atoms with Crippen molar-refractivity contribution in [3.05, 3.63) is 29.3 Å². The van der Waals surface area contributed by atoms with Crippen LogP contribution in [0.5, 0.6) is 0 Å². The van der Waals surface area contributed by atoms with E-state index in [-0.39, 0.29) is 11.9 Å². The Kier molecular flexibility index (Phi) is 3.25. The van der Waals surface area contributed by atoms with Gasteiger partial charge in [0.2, 0.25) is 5.91 Å². The summed E-state index contributed by atoms with van der Waals surface area (Å²) in [5, 5.41) is 7.10. The first kappa shape index (κ1) is 11.6. The SMILES string of the molecule is O=C(NCc1nc2ccccc2s1)[C@@H]1CCCN1. The zero-order chi connectivity index (χ0) is 12.4. The van der Waals surface area contributed by atoms with Crippen molar-refractivity contribution < 1.29 is 4.79 Å². The molecule has 1 aliphatic heterocycles. The van der Waals surface area contributed by atoms with Crippen LogP contribution in [0.25, 0.3) is 10.2 Å². The molecule has 3 rings (SSSR count). The van der Waals surface area contributed by atoms with Gasteiger partial charge < -0.3 is 10.6 Å². The van der Waals surface area contributed by atoms with Crippen molar-refractivity contribution >= 4 is 27.5 Å². The molecule has 1 aliphatic rings. The van der Waals surface area contributed by atoms with Crippen LogP contribution in [0.2, 0.25) is 0 Å². The van der Waals surface area contributed by atoms with E-state index < -0.39 is 0 Å². The predicted octanol–water partition coefficient (Wildman–Crippen LogP) is 1.66. The Morgan fingerprint density at radius 2 is 2.39 bits per heavy atom. The van der Waals surface area contributed by atoms with E-state index >= 15 is 0 Å². The summed E-state index contributed by atoms with van der Waals surface area (Å²) >= 11 is 1.64. The fourth-order valence-electron chi connectivity index (χ4n) is 2.19. The van der Waals surface area contributed by atoms with Crippen molar-refractivity contribution in [1.29, 1.82) is 0 Å². The molecule has 1 aromatic heterocycles. The van der Waals surface area contributed by atoms with E-state index in [4.69, 9.17) is 0 Å². The van der Waals surface area contributed by atoms with Crippen molar-refractivity contribution in [2.45, 2.75) is 25.4 Å². The van der Waals surface area contributed by atoms with E-state index in [1.165, 1.54) is 4.70 Å². The monoisotopic (exact) mass is 261 g/mol. The number of rotatable bonds is 3. The molecule has 2 aromatic rings. The average molecular weight is 261 g/mol. The van der Waals surface area contributed by atoms with Gasteiger partial charge in [0.25, 0.3) is 0 Å². The molecule has 1 fully saturated rings. The fraction of sp³-hybridized carbons (Fsp3) is 0.385. The van der Waals surface area contributed by atoms with Gasteiger partial charge in [-0.15, -0.1) is 11.3 Å². The van der Waals surface area contributed by atoms with Crippen molar-refractivity contribution in [1.82, 2.24) is 15.6 Å². The lowest BCUT2D eigenvalue weighted by atomic mass is 10.2. The van der Waals surface area contributed by atoms with Crippen molar-refractivity contribution in [2.24, 2.45) is 0 Å². The third-order valence-electron chi connectivity index (χ3n) is 3.13. The first-order valence-corrected chi connectivity index (χ1v) is 7.00. The van der Waals surface area contributed by atoms with Crippen LogP contribution in [0.1, 0.15) is 17.8 Å². The number of aromatic nitrogens is 1. The van der Waals surface area contributed by atoms with E-state index in [1.54, 1.807) is 11.3 Å². The minimum atomic E-state index is -0.0145. The lowest BCUT2D eigenvalue weighted by molar-refractivity contribution is -0.122. The number of hydrogen-bond donors (Lipinski definition) is 2. The summed E-state index contributed by atoms with van der Waals surface area (Å²) in [6, 6.07) is 8.02. The first-order valence-electron chi connectivity index (χ1n) is 6.18. The number of amides is 1. The molecule has 1 saturated heterocycles. The average Bonchev–Trinajstić information content (AvgIpc) is 3.04. The quantitative estimate of drug-likeness (QED) is 0.883. The number of para-hydroxylation sites is 1. The lowest BCUT2D eigenvalue weighted by Gasteiger charge is -2.09. The van der Waals surface area contributed by atoms with E-state index in [0.717, 1.165) is 29.9 Å². The van der Waals surface area contributed by atoms with Gasteiger partial charge in [-0.2, -0.15) is 0 Å². The molecule has 94 valence electrons. The summed E-state index contributed by atoms with van der Waals surface area (Å²) in [6.45, 7) is 1.47. The van der Waals surface area contributed by atoms with Gasteiger partial charge in [0, 0.05) is 0 Å². The van der Waals surface area contributed by atoms with Crippen LogP contribution >= 0.6 is 11.3 Å². The maximum absolute atomic E-state index is 11.8. The molecule has 1 amide bonds. The molecule has 2 N–H and O–H groups in total. The third-order valence-corrected chi connectivity index (χ3v) is 4.17. The minimum Gasteiger partial charge on any atom is -0.348 e. The fourth-order valence-corrected chi connectivity index (χ4v) is 3.10. The number of thiazole rings is 1. The normalized spacial score (nSPS) is 19.2. The van der Waals surface area contributed by atoms with Gasteiger partial charge in [0.1, 0.15) is 5.01 Å². The van der Waals surface area contributed by atoms with Crippen LogP contribution in [0.4, 0.5) is 0 Å². The zero-order valence-corrected chi connectivity index (χ0v) is 10.8. The van der Waals surface area contributed by atoms with Gasteiger partial charge in [-0.05, 0) is 31.5 Å². The number of carbonyl (C=O) groups is 1. The highest BCUT2D eigenvalue weighted by Crippen LogP contribution is 2.21. The molecule has 18 heavy (non-hydrogen) atoms. The Bertz CT molecular complexity index is 527. The summed E-state index contributed by atoms with van der Waals surface area (Å²) in [7, 11) is 0. The molecule has 0 unspecified atom stereocenters. The second-order valence-electron chi connectivity index (χ2n) is 4.44. The van der Waals surface area contributed by atoms with Crippen LogP contribution in [-0.4, -0.2) is 23.5 Å². The molecule has 0 spiro atoms. The molecular weight excluding hydrogens is 246 g/mol. The molecule has 0 aliphatic carbocycles. The van der Waals surface area contributed by atoms with E-state index in [9.17, 15) is 4.79 Å². The Labute approximate surface area is 109 Å². The second kappa shape index (κ2) is 5.04. The van der Waals surface area contributed by atoms with Crippen LogP contribution in [0.15, 0.2) is 24.3 Å². The number of nitrogens with one attached hydrogen (secondary N) is 2. The van der Waals surface area contributed by atoms with Crippen LogP contribution in [0, 0.1) is 0 Å². The van der Waals surface area contributed by atoms with Gasteiger partial charge in [0.05, 0.1) is 22.8 Å². The van der Waals surface area contributed by atoms with E-state index in [2.05, 4.69) is 21.7 Å². The third kappa shape index (κ3) is 2.37. The highest BCUT2D eigenvalue weighted by molar-refractivity contribution is 7.18. The van der Waals surface area contributed by atoms with E-state index in [0.29, 0.717) is 6.54 Å². The molecule has 1 atom stereocenters. The molecule has 5 heteroatoms. The van der Waals surface area contributed by atoms with Crippen LogP contribution in [0.3, 0.4) is 0 Å². The van der Waals surface area contributed by atoms with Gasteiger partial charge in [-0.1, -0.05) is 12.1 Å². The Balaban J connectivity index is 1.63. The highest BCUT2D eigenvalue weighted by Gasteiger charge is 2.21. The summed E-state index contributed by atoms with van der Waals surface area (Å²) < 4.78 is 1.17. The smallest absolute Gasteiger partial charge is 0.237 e. The van der Waals surface area contributed by atoms with Crippen molar-refractivity contribution in [3.8, 4) is 0 Å². The number of carbonyl (C=O) groups excluding carboxylic acids is 1. The largest absolute Gasteiger partial charge is 0.348 e. The topological polar surface area (TPSA) is 54.0 Å². The molecule has 2 heterocycles. The maximum Gasteiger partial charge on any atom is 0.237 e. The van der Waals surface area contributed by atoms with E-state index in [1.807, 2.05) is 18.2 Å². The predicted molar refractivity (Wildman–Crippen MR) is 72.5 cm³/mol. The molecule has 0 bridgehead atoms. The molecule has 0 saturated carbocycles. The lowest BCUT2D eigenvalue weighted by Crippen LogP contribution is -2.39. The number of fused-ring (bicyclic) bond motifs is 1. The summed E-state index contributed by atoms with van der Waals surface area (Å²) in [6.07, 6.45) is 2.02. The van der Waals surface area contributed by atoms with Gasteiger partial charge in [-0.25, -0.2) is 4.98 Å². The van der Waals surface area contributed by atoms with Crippen molar-refractivity contribution in [2.75, 3.05) is 6.54 Å². The summed E-state index contributed by atoms with van der Waals surface area (Å²) in [4.78, 5) is 16.3. The number of hydrogen-bond acceptors (Lipinski definition) is 4. The summed E-state index contributed by atoms with van der Waals surface area (Å²) in [5.41, 5.74) is 1.01. The maximum atomic E-state index is 11.8. The standard InChI is InChI=1S/C13H15N3OS/c17-13(10-5-3-7-14-10)15-8-12-16-9-4-1-2-6-11(9)18-12/h1-2,4,6,10,14H,3,5,7-8H2,(H,15,17)/t10-/m0/s1. The first-order chi connectivity index (χ1) is 8.83.